The molecule has 1 heterocycles. The first-order chi connectivity index (χ1) is 18.4. The third-order valence-corrected chi connectivity index (χ3v) is 10.1. The third kappa shape index (κ3) is 6.43. The Hall–Kier alpha value is -3.41. The lowest BCUT2D eigenvalue weighted by Crippen LogP contribution is -2.37. The molecule has 0 atom stereocenters. The van der Waals surface area contributed by atoms with Crippen molar-refractivity contribution < 1.29 is 26.4 Å². The molecule has 2 N–H and O–H groups in total. The molecule has 3 aromatic rings. The summed E-state index contributed by atoms with van der Waals surface area (Å²) >= 11 is 0. The van der Waals surface area contributed by atoms with Crippen molar-refractivity contribution in [2.45, 2.75) is 43.4 Å². The van der Waals surface area contributed by atoms with Gasteiger partial charge in [-0.1, -0.05) is 24.6 Å². The van der Waals surface area contributed by atoms with E-state index in [2.05, 4.69) is 17.0 Å². The zero-order valence-corrected chi connectivity index (χ0v) is 24.0. The Labute approximate surface area is 230 Å². The molecule has 1 aliphatic heterocycles. The van der Waals surface area contributed by atoms with Gasteiger partial charge in [-0.15, -0.1) is 0 Å². The highest BCUT2D eigenvalue weighted by Crippen LogP contribution is 2.28. The number of hydrogen-bond donors (Lipinski definition) is 2. The topological polar surface area (TPSA) is 122 Å². The van der Waals surface area contributed by atoms with Crippen LogP contribution in [0.3, 0.4) is 0 Å². The number of hydrogen-bond acceptors (Lipinski definition) is 6. The minimum Gasteiger partial charge on any atom is -0.496 e. The monoisotopic (exact) mass is 571 g/mol. The standard InChI is InChI=1S/C28H33N3O6S2/c1-19-13-15-31(16-14-19)39(35,36)24-10-12-27(37-4)25(18-24)28(32)29-22-6-8-23(9-7-22)38(33,34)30-26-11-5-20(2)17-21(26)3/h5-12,17-19,30H,13-16H2,1-4H3,(H,29,32). The van der Waals surface area contributed by atoms with E-state index in [0.717, 1.165) is 24.0 Å². The van der Waals surface area contributed by atoms with Gasteiger partial charge in [-0.05, 0) is 86.7 Å². The SMILES string of the molecule is COc1ccc(S(=O)(=O)N2CCC(C)CC2)cc1C(=O)Nc1ccc(S(=O)(=O)Nc2ccc(C)cc2C)cc1. The van der Waals surface area contributed by atoms with Crippen molar-refractivity contribution in [3.63, 3.8) is 0 Å². The Bertz CT molecular complexity index is 1580. The van der Waals surface area contributed by atoms with E-state index in [1.807, 2.05) is 26.0 Å². The summed E-state index contributed by atoms with van der Waals surface area (Å²) in [6.45, 7) is 6.72. The van der Waals surface area contributed by atoms with Crippen LogP contribution in [-0.4, -0.2) is 47.2 Å². The normalized spacial score (nSPS) is 15.1. The fourth-order valence-corrected chi connectivity index (χ4v) is 7.07. The van der Waals surface area contributed by atoms with Gasteiger partial charge < -0.3 is 10.1 Å². The molecule has 0 unspecified atom stereocenters. The number of anilines is 2. The zero-order chi connectivity index (χ0) is 28.4. The molecule has 0 aromatic heterocycles. The smallest absolute Gasteiger partial charge is 0.261 e. The molecule has 11 heteroatoms. The number of piperidine rings is 1. The summed E-state index contributed by atoms with van der Waals surface area (Å²) in [6.07, 6.45) is 1.57. The van der Waals surface area contributed by atoms with Crippen LogP contribution in [0, 0.1) is 19.8 Å². The molecule has 9 nitrogen and oxygen atoms in total. The molecular formula is C28H33N3O6S2. The minimum atomic E-state index is -3.85. The summed E-state index contributed by atoms with van der Waals surface area (Å²) in [5, 5.41) is 2.70. The second-order valence-corrected chi connectivity index (χ2v) is 13.5. The van der Waals surface area contributed by atoms with Crippen LogP contribution in [0.4, 0.5) is 11.4 Å². The number of nitrogens with zero attached hydrogens (tertiary/aromatic N) is 1. The fourth-order valence-electron chi connectivity index (χ4n) is 4.45. The maximum atomic E-state index is 13.2. The van der Waals surface area contributed by atoms with Gasteiger partial charge in [0.05, 0.1) is 28.2 Å². The molecule has 39 heavy (non-hydrogen) atoms. The summed E-state index contributed by atoms with van der Waals surface area (Å²) < 4.78 is 61.5. The number of amides is 1. The van der Waals surface area contributed by atoms with Crippen molar-refractivity contribution in [1.82, 2.24) is 4.31 Å². The zero-order valence-electron chi connectivity index (χ0n) is 22.4. The van der Waals surface area contributed by atoms with E-state index in [0.29, 0.717) is 30.4 Å². The van der Waals surface area contributed by atoms with Crippen LogP contribution in [0.15, 0.2) is 70.5 Å². The maximum Gasteiger partial charge on any atom is 0.261 e. The predicted octanol–water partition coefficient (Wildman–Crippen LogP) is 4.79. The summed E-state index contributed by atoms with van der Waals surface area (Å²) in [5.74, 6) is 0.105. The van der Waals surface area contributed by atoms with Gasteiger partial charge in [-0.25, -0.2) is 16.8 Å². The lowest BCUT2D eigenvalue weighted by Gasteiger charge is -2.29. The highest BCUT2D eigenvalue weighted by atomic mass is 32.2. The fraction of sp³-hybridized carbons (Fsp3) is 0.321. The van der Waals surface area contributed by atoms with Gasteiger partial charge in [-0.3, -0.25) is 9.52 Å². The van der Waals surface area contributed by atoms with E-state index in [1.165, 1.54) is 53.9 Å². The first-order valence-corrected chi connectivity index (χ1v) is 15.5. The van der Waals surface area contributed by atoms with Gasteiger partial charge in [0.1, 0.15) is 5.75 Å². The summed E-state index contributed by atoms with van der Waals surface area (Å²) in [6, 6.07) is 15.3. The summed E-state index contributed by atoms with van der Waals surface area (Å²) in [7, 11) is -6.22. The lowest BCUT2D eigenvalue weighted by atomic mass is 10.0. The van der Waals surface area contributed by atoms with Gasteiger partial charge in [0.25, 0.3) is 15.9 Å². The van der Waals surface area contributed by atoms with Crippen LogP contribution >= 0.6 is 0 Å². The van der Waals surface area contributed by atoms with Crippen molar-refractivity contribution in [2.75, 3.05) is 30.2 Å². The lowest BCUT2D eigenvalue weighted by molar-refractivity contribution is 0.102. The number of methoxy groups -OCH3 is 1. The molecule has 4 rings (SSSR count). The number of sulfonamides is 2. The number of aryl methyl sites for hydroxylation is 2. The van der Waals surface area contributed by atoms with Gasteiger partial charge in [0, 0.05) is 18.8 Å². The Balaban J connectivity index is 1.52. The Kier molecular flexibility index (Phi) is 8.34. The molecular weight excluding hydrogens is 538 g/mol. The van der Waals surface area contributed by atoms with Crippen molar-refractivity contribution in [3.8, 4) is 5.75 Å². The van der Waals surface area contributed by atoms with Crippen molar-refractivity contribution in [2.24, 2.45) is 5.92 Å². The van der Waals surface area contributed by atoms with Crippen LogP contribution in [0.25, 0.3) is 0 Å². The molecule has 0 radical (unpaired) electrons. The quantitative estimate of drug-likeness (QED) is 0.401. The van der Waals surface area contributed by atoms with Gasteiger partial charge >= 0.3 is 0 Å². The highest BCUT2D eigenvalue weighted by Gasteiger charge is 2.29. The number of carbonyl (C=O) groups is 1. The van der Waals surface area contributed by atoms with Crippen LogP contribution < -0.4 is 14.8 Å². The minimum absolute atomic E-state index is 0.0157. The number of carbonyl (C=O) groups excluding carboxylic acids is 1. The Morgan fingerprint density at radius 3 is 2.15 bits per heavy atom. The molecule has 1 saturated heterocycles. The van der Waals surface area contributed by atoms with E-state index in [9.17, 15) is 21.6 Å². The number of ether oxygens (including phenoxy) is 1. The first-order valence-electron chi connectivity index (χ1n) is 12.6. The Morgan fingerprint density at radius 2 is 1.54 bits per heavy atom. The first kappa shape index (κ1) is 28.6. The molecule has 1 fully saturated rings. The van der Waals surface area contributed by atoms with E-state index in [-0.39, 0.29) is 21.1 Å². The molecule has 1 amide bonds. The second kappa shape index (κ2) is 11.4. The van der Waals surface area contributed by atoms with E-state index >= 15 is 0 Å². The van der Waals surface area contributed by atoms with Crippen molar-refractivity contribution in [3.05, 3.63) is 77.4 Å². The average Bonchev–Trinajstić information content (AvgIpc) is 2.90. The molecule has 3 aromatic carbocycles. The molecule has 0 aliphatic carbocycles. The number of nitrogens with one attached hydrogen (secondary N) is 2. The highest BCUT2D eigenvalue weighted by molar-refractivity contribution is 7.92. The van der Waals surface area contributed by atoms with Crippen molar-refractivity contribution in [1.29, 1.82) is 0 Å². The van der Waals surface area contributed by atoms with E-state index in [1.54, 1.807) is 6.07 Å². The maximum absolute atomic E-state index is 13.2. The van der Waals surface area contributed by atoms with E-state index < -0.39 is 26.0 Å². The number of benzene rings is 3. The molecule has 0 saturated carbocycles. The largest absolute Gasteiger partial charge is 0.496 e. The van der Waals surface area contributed by atoms with Crippen LogP contribution in [0.1, 0.15) is 41.3 Å². The molecule has 0 spiro atoms. The van der Waals surface area contributed by atoms with Crippen molar-refractivity contribution >= 4 is 37.3 Å². The van der Waals surface area contributed by atoms with Gasteiger partial charge in [0.15, 0.2) is 0 Å². The molecule has 208 valence electrons. The average molecular weight is 572 g/mol. The number of rotatable bonds is 8. The van der Waals surface area contributed by atoms with Gasteiger partial charge in [0.2, 0.25) is 10.0 Å². The predicted molar refractivity (Wildman–Crippen MR) is 151 cm³/mol. The van der Waals surface area contributed by atoms with E-state index in [4.69, 9.17) is 4.74 Å². The Morgan fingerprint density at radius 1 is 0.897 bits per heavy atom. The molecule has 1 aliphatic rings. The summed E-state index contributed by atoms with van der Waals surface area (Å²) in [5.41, 5.74) is 2.70. The van der Waals surface area contributed by atoms with Crippen LogP contribution in [0.2, 0.25) is 0 Å². The van der Waals surface area contributed by atoms with Crippen LogP contribution in [0.5, 0.6) is 5.75 Å². The van der Waals surface area contributed by atoms with Crippen LogP contribution in [-0.2, 0) is 20.0 Å². The second-order valence-electron chi connectivity index (χ2n) is 9.85. The summed E-state index contributed by atoms with van der Waals surface area (Å²) in [4.78, 5) is 13.2. The van der Waals surface area contributed by atoms with Gasteiger partial charge in [-0.2, -0.15) is 4.31 Å². The third-order valence-electron chi connectivity index (χ3n) is 6.84. The molecule has 0 bridgehead atoms.